The average molecular weight is 286 g/mol. The zero-order chi connectivity index (χ0) is 14.0. The van der Waals surface area contributed by atoms with Crippen molar-refractivity contribution in [3.63, 3.8) is 0 Å². The molecule has 1 aliphatic carbocycles. The van der Waals surface area contributed by atoms with Gasteiger partial charge in [-0.15, -0.1) is 0 Å². The van der Waals surface area contributed by atoms with Gasteiger partial charge in [-0.3, -0.25) is 9.78 Å². The van der Waals surface area contributed by atoms with Crippen LogP contribution in [0.1, 0.15) is 25.7 Å². The number of hydrogen-bond acceptors (Lipinski definition) is 4. The van der Waals surface area contributed by atoms with Gasteiger partial charge < -0.3 is 0 Å². The summed E-state index contributed by atoms with van der Waals surface area (Å²) in [6.45, 7) is 0. The maximum atomic E-state index is 13.1. The fraction of sp³-hybridized carbons (Fsp3) is 0.500. The lowest BCUT2D eigenvalue weighted by Crippen LogP contribution is -2.39. The molecule has 1 fully saturated rings. The molecule has 0 aliphatic heterocycles. The van der Waals surface area contributed by atoms with Gasteiger partial charge in [0.25, 0.3) is 0 Å². The van der Waals surface area contributed by atoms with Crippen molar-refractivity contribution in [2.24, 2.45) is 0 Å². The molecule has 0 aromatic carbocycles. The summed E-state index contributed by atoms with van der Waals surface area (Å²) in [7, 11) is -2.30. The monoisotopic (exact) mass is 286 g/mol. The van der Waals surface area contributed by atoms with E-state index in [4.69, 9.17) is 0 Å². The number of nitrogens with zero attached hydrogens (tertiary/aromatic N) is 2. The molecule has 0 spiro atoms. The fourth-order valence-electron chi connectivity index (χ4n) is 2.18. The molecule has 19 heavy (non-hydrogen) atoms. The molecule has 1 aliphatic rings. The number of hydrogen-bond donors (Lipinski definition) is 0. The number of halogens is 1. The van der Waals surface area contributed by atoms with Gasteiger partial charge in [-0.25, -0.2) is 12.8 Å². The van der Waals surface area contributed by atoms with Crippen LogP contribution in [0.4, 0.5) is 4.39 Å². The van der Waals surface area contributed by atoms with E-state index in [9.17, 15) is 17.6 Å². The van der Waals surface area contributed by atoms with Crippen LogP contribution in [0.3, 0.4) is 0 Å². The van der Waals surface area contributed by atoms with E-state index in [1.165, 1.54) is 11.4 Å². The van der Waals surface area contributed by atoms with Crippen molar-refractivity contribution in [1.82, 2.24) is 9.29 Å². The highest BCUT2D eigenvalue weighted by molar-refractivity contribution is 7.89. The van der Waals surface area contributed by atoms with Crippen LogP contribution in [0.5, 0.6) is 0 Å². The van der Waals surface area contributed by atoms with Gasteiger partial charge in [-0.05, 0) is 18.9 Å². The number of ketones is 1. The van der Waals surface area contributed by atoms with Gasteiger partial charge in [0.2, 0.25) is 10.0 Å². The number of sulfonamides is 1. The third-order valence-electron chi connectivity index (χ3n) is 3.38. The Bertz CT molecular complexity index is 578. The molecule has 0 N–H and O–H groups in total. The fourth-order valence-corrected chi connectivity index (χ4v) is 3.58. The zero-order valence-electron chi connectivity index (χ0n) is 10.5. The second-order valence-electron chi connectivity index (χ2n) is 4.63. The topological polar surface area (TPSA) is 67.3 Å². The predicted molar refractivity (Wildman–Crippen MR) is 66.4 cm³/mol. The van der Waals surface area contributed by atoms with Crippen LogP contribution in [-0.4, -0.2) is 36.6 Å². The lowest BCUT2D eigenvalue weighted by Gasteiger charge is -2.29. The Balaban J connectivity index is 2.22. The van der Waals surface area contributed by atoms with Gasteiger partial charge in [0.15, 0.2) is 0 Å². The van der Waals surface area contributed by atoms with Crippen molar-refractivity contribution in [1.29, 1.82) is 0 Å². The van der Waals surface area contributed by atoms with Crippen LogP contribution in [0, 0.1) is 5.82 Å². The molecule has 0 amide bonds. The van der Waals surface area contributed by atoms with Crippen molar-refractivity contribution >= 4 is 15.8 Å². The number of Topliss-reactive ketones (excluding diaryl/α,β-unsaturated/α-hetero) is 1. The summed E-state index contributed by atoms with van der Waals surface area (Å²) >= 11 is 0. The molecule has 0 unspecified atom stereocenters. The first-order valence-corrected chi connectivity index (χ1v) is 7.45. The first-order valence-electron chi connectivity index (χ1n) is 6.01. The Morgan fingerprint density at radius 3 is 2.53 bits per heavy atom. The first kappa shape index (κ1) is 14.1. The number of pyridine rings is 1. The summed E-state index contributed by atoms with van der Waals surface area (Å²) in [6, 6.07) is 0.735. The quantitative estimate of drug-likeness (QED) is 0.841. The van der Waals surface area contributed by atoms with E-state index >= 15 is 0 Å². The molecule has 0 radical (unpaired) electrons. The van der Waals surface area contributed by atoms with Crippen LogP contribution in [0.2, 0.25) is 0 Å². The third-order valence-corrected chi connectivity index (χ3v) is 5.26. The standard InChI is InChI=1S/C12H15FN2O3S/c1-15(10-2-4-11(16)5-3-10)19(17,18)12-6-9(13)7-14-8-12/h6-8,10H,2-5H2,1H3. The highest BCUT2D eigenvalue weighted by Gasteiger charge is 2.31. The maximum absolute atomic E-state index is 13.1. The minimum Gasteiger partial charge on any atom is -0.300 e. The Hall–Kier alpha value is -1.34. The Labute approximate surface area is 111 Å². The van der Waals surface area contributed by atoms with Gasteiger partial charge in [0.1, 0.15) is 16.5 Å². The van der Waals surface area contributed by atoms with Gasteiger partial charge in [-0.1, -0.05) is 0 Å². The predicted octanol–water partition coefficient (Wildman–Crippen LogP) is 1.35. The van der Waals surface area contributed by atoms with E-state index in [-0.39, 0.29) is 16.7 Å². The van der Waals surface area contributed by atoms with Gasteiger partial charge in [0.05, 0.1) is 6.20 Å². The van der Waals surface area contributed by atoms with E-state index in [2.05, 4.69) is 4.98 Å². The van der Waals surface area contributed by atoms with Crippen LogP contribution in [0.15, 0.2) is 23.4 Å². The van der Waals surface area contributed by atoms with E-state index < -0.39 is 15.8 Å². The van der Waals surface area contributed by atoms with Crippen molar-refractivity contribution < 1.29 is 17.6 Å². The van der Waals surface area contributed by atoms with Crippen LogP contribution < -0.4 is 0 Å². The molecule has 0 atom stereocenters. The molecule has 1 aromatic heterocycles. The molecule has 0 saturated heterocycles. The Kier molecular flexibility index (Phi) is 3.96. The summed E-state index contributed by atoms with van der Waals surface area (Å²) in [5.41, 5.74) is 0. The van der Waals surface area contributed by atoms with E-state index in [1.54, 1.807) is 0 Å². The van der Waals surface area contributed by atoms with E-state index in [1.807, 2.05) is 0 Å². The van der Waals surface area contributed by atoms with Gasteiger partial charge in [0, 0.05) is 32.1 Å². The molecule has 1 saturated carbocycles. The van der Waals surface area contributed by atoms with E-state index in [0.29, 0.717) is 25.7 Å². The minimum absolute atomic E-state index is 0.160. The Morgan fingerprint density at radius 2 is 1.95 bits per heavy atom. The lowest BCUT2D eigenvalue weighted by atomic mass is 9.95. The van der Waals surface area contributed by atoms with Gasteiger partial charge in [-0.2, -0.15) is 4.31 Å². The highest BCUT2D eigenvalue weighted by atomic mass is 32.2. The SMILES string of the molecule is CN(C1CCC(=O)CC1)S(=O)(=O)c1cncc(F)c1. The second kappa shape index (κ2) is 5.34. The molecular weight excluding hydrogens is 271 g/mol. The highest BCUT2D eigenvalue weighted by Crippen LogP contribution is 2.24. The molecular formula is C12H15FN2O3S. The van der Waals surface area contributed by atoms with Gasteiger partial charge >= 0.3 is 0 Å². The molecule has 2 rings (SSSR count). The Morgan fingerprint density at radius 1 is 1.32 bits per heavy atom. The van der Waals surface area contributed by atoms with Crippen molar-refractivity contribution in [2.75, 3.05) is 7.05 Å². The van der Waals surface area contributed by atoms with Crippen molar-refractivity contribution in [3.8, 4) is 0 Å². The number of carbonyl (C=O) groups excluding carboxylic acids is 1. The molecule has 104 valence electrons. The molecule has 0 bridgehead atoms. The summed E-state index contributed by atoms with van der Waals surface area (Å²) in [5.74, 6) is -0.525. The minimum atomic E-state index is -3.76. The number of rotatable bonds is 3. The smallest absolute Gasteiger partial charge is 0.244 e. The maximum Gasteiger partial charge on any atom is 0.244 e. The van der Waals surface area contributed by atoms with E-state index in [0.717, 1.165) is 18.5 Å². The normalized spacial score (nSPS) is 17.9. The average Bonchev–Trinajstić information content (AvgIpc) is 2.39. The zero-order valence-corrected chi connectivity index (χ0v) is 11.4. The first-order chi connectivity index (χ1) is 8.91. The molecule has 1 heterocycles. The molecule has 7 heteroatoms. The van der Waals surface area contributed by atoms with Crippen LogP contribution >= 0.6 is 0 Å². The summed E-state index contributed by atoms with van der Waals surface area (Å²) in [4.78, 5) is 14.6. The van der Waals surface area contributed by atoms with Crippen LogP contribution in [0.25, 0.3) is 0 Å². The lowest BCUT2D eigenvalue weighted by molar-refractivity contribution is -0.120. The summed E-state index contributed by atoms with van der Waals surface area (Å²) < 4.78 is 38.9. The van der Waals surface area contributed by atoms with Crippen molar-refractivity contribution in [2.45, 2.75) is 36.6 Å². The molecule has 5 nitrogen and oxygen atoms in total. The number of carbonyl (C=O) groups is 1. The second-order valence-corrected chi connectivity index (χ2v) is 6.63. The van der Waals surface area contributed by atoms with Crippen molar-refractivity contribution in [3.05, 3.63) is 24.3 Å². The largest absolute Gasteiger partial charge is 0.300 e. The summed E-state index contributed by atoms with van der Waals surface area (Å²) in [5, 5.41) is 0. The molecule has 1 aromatic rings. The summed E-state index contributed by atoms with van der Waals surface area (Å²) in [6.07, 6.45) is 3.90. The number of aromatic nitrogens is 1. The third kappa shape index (κ3) is 2.98. The van der Waals surface area contributed by atoms with Crippen LogP contribution in [-0.2, 0) is 14.8 Å².